The van der Waals surface area contributed by atoms with Crippen molar-refractivity contribution in [3.63, 3.8) is 0 Å². The monoisotopic (exact) mass is 250 g/mol. The third kappa shape index (κ3) is 4.26. The minimum absolute atomic E-state index is 0.363. The van der Waals surface area contributed by atoms with E-state index in [2.05, 4.69) is 41.7 Å². The quantitative estimate of drug-likeness (QED) is 0.807. The fourth-order valence-electron chi connectivity index (χ4n) is 1.89. The molecule has 4 heteroatoms. The SMILES string of the molecule is CCCN(CCCN)c1cc(C)nc(C(C)C)n1. The molecule has 1 aromatic heterocycles. The fraction of sp³-hybridized carbons (Fsp3) is 0.714. The molecule has 18 heavy (non-hydrogen) atoms. The first-order valence-corrected chi connectivity index (χ1v) is 6.89. The number of nitrogens with zero attached hydrogens (tertiary/aromatic N) is 3. The molecule has 0 aliphatic heterocycles. The van der Waals surface area contributed by atoms with Gasteiger partial charge in [0.05, 0.1) is 0 Å². The van der Waals surface area contributed by atoms with E-state index < -0.39 is 0 Å². The van der Waals surface area contributed by atoms with Crippen molar-refractivity contribution >= 4 is 5.82 Å². The van der Waals surface area contributed by atoms with Crippen LogP contribution >= 0.6 is 0 Å². The lowest BCUT2D eigenvalue weighted by Gasteiger charge is -2.24. The maximum Gasteiger partial charge on any atom is 0.133 e. The number of hydrogen-bond donors (Lipinski definition) is 1. The van der Waals surface area contributed by atoms with Crippen LogP contribution in [0.3, 0.4) is 0 Å². The van der Waals surface area contributed by atoms with E-state index in [-0.39, 0.29) is 0 Å². The van der Waals surface area contributed by atoms with Gasteiger partial charge in [0.2, 0.25) is 0 Å². The Bertz CT molecular complexity index is 363. The summed E-state index contributed by atoms with van der Waals surface area (Å²) in [7, 11) is 0. The van der Waals surface area contributed by atoms with Gasteiger partial charge in [-0.2, -0.15) is 0 Å². The molecule has 0 unspecified atom stereocenters. The Hall–Kier alpha value is -1.16. The number of aromatic nitrogens is 2. The van der Waals surface area contributed by atoms with Gasteiger partial charge in [0, 0.05) is 30.8 Å². The second-order valence-electron chi connectivity index (χ2n) is 5.01. The van der Waals surface area contributed by atoms with Crippen molar-refractivity contribution in [2.45, 2.75) is 46.5 Å². The topological polar surface area (TPSA) is 55.0 Å². The predicted molar refractivity (Wildman–Crippen MR) is 77.0 cm³/mol. The molecule has 1 rings (SSSR count). The molecule has 0 saturated heterocycles. The highest BCUT2D eigenvalue weighted by Gasteiger charge is 2.11. The number of anilines is 1. The molecule has 0 aromatic carbocycles. The van der Waals surface area contributed by atoms with Crippen LogP contribution in [0.5, 0.6) is 0 Å². The zero-order chi connectivity index (χ0) is 13.5. The van der Waals surface area contributed by atoms with E-state index in [9.17, 15) is 0 Å². The molecule has 102 valence electrons. The third-order valence-corrected chi connectivity index (χ3v) is 2.82. The second-order valence-corrected chi connectivity index (χ2v) is 5.01. The van der Waals surface area contributed by atoms with Gasteiger partial charge in [0.15, 0.2) is 0 Å². The first-order valence-electron chi connectivity index (χ1n) is 6.89. The van der Waals surface area contributed by atoms with E-state index in [0.29, 0.717) is 5.92 Å². The fourth-order valence-corrected chi connectivity index (χ4v) is 1.89. The van der Waals surface area contributed by atoms with Crippen molar-refractivity contribution in [1.82, 2.24) is 9.97 Å². The smallest absolute Gasteiger partial charge is 0.133 e. The molecule has 1 heterocycles. The summed E-state index contributed by atoms with van der Waals surface area (Å²) in [6.45, 7) is 11.2. The Kier molecular flexibility index (Phi) is 6.05. The molecule has 2 N–H and O–H groups in total. The summed E-state index contributed by atoms with van der Waals surface area (Å²) in [6, 6.07) is 2.07. The highest BCUT2D eigenvalue weighted by atomic mass is 15.2. The molecule has 0 spiro atoms. The van der Waals surface area contributed by atoms with E-state index in [1.54, 1.807) is 0 Å². The summed E-state index contributed by atoms with van der Waals surface area (Å²) in [4.78, 5) is 11.5. The van der Waals surface area contributed by atoms with Crippen molar-refractivity contribution in [2.75, 3.05) is 24.5 Å². The highest BCUT2D eigenvalue weighted by molar-refractivity contribution is 5.39. The summed E-state index contributed by atoms with van der Waals surface area (Å²) < 4.78 is 0. The van der Waals surface area contributed by atoms with E-state index in [0.717, 1.165) is 49.8 Å². The van der Waals surface area contributed by atoms with Gasteiger partial charge >= 0.3 is 0 Å². The number of aryl methyl sites for hydroxylation is 1. The van der Waals surface area contributed by atoms with E-state index in [1.165, 1.54) is 0 Å². The summed E-state index contributed by atoms with van der Waals surface area (Å²) in [5, 5.41) is 0. The van der Waals surface area contributed by atoms with Crippen LogP contribution in [0.15, 0.2) is 6.07 Å². The van der Waals surface area contributed by atoms with Gasteiger partial charge in [-0.25, -0.2) is 9.97 Å². The maximum atomic E-state index is 5.60. The lowest BCUT2D eigenvalue weighted by atomic mass is 10.2. The van der Waals surface area contributed by atoms with Crippen molar-refractivity contribution < 1.29 is 0 Å². The van der Waals surface area contributed by atoms with Crippen LogP contribution in [-0.2, 0) is 0 Å². The molecule has 1 aromatic rings. The Morgan fingerprint density at radius 2 is 2.00 bits per heavy atom. The zero-order valence-electron chi connectivity index (χ0n) is 12.1. The maximum absolute atomic E-state index is 5.60. The summed E-state index contributed by atoms with van der Waals surface area (Å²) in [5.41, 5.74) is 6.64. The number of nitrogens with two attached hydrogens (primary N) is 1. The van der Waals surface area contributed by atoms with Gasteiger partial charge in [0.1, 0.15) is 11.6 Å². The third-order valence-electron chi connectivity index (χ3n) is 2.82. The van der Waals surface area contributed by atoms with Crippen molar-refractivity contribution in [3.8, 4) is 0 Å². The lowest BCUT2D eigenvalue weighted by Crippen LogP contribution is -2.28. The van der Waals surface area contributed by atoms with Crippen LogP contribution in [0.25, 0.3) is 0 Å². The van der Waals surface area contributed by atoms with Crippen molar-refractivity contribution in [2.24, 2.45) is 5.73 Å². The lowest BCUT2D eigenvalue weighted by molar-refractivity contribution is 0.695. The molecule has 4 nitrogen and oxygen atoms in total. The first kappa shape index (κ1) is 14.9. The number of hydrogen-bond acceptors (Lipinski definition) is 4. The summed E-state index contributed by atoms with van der Waals surface area (Å²) in [6.07, 6.45) is 2.12. The summed E-state index contributed by atoms with van der Waals surface area (Å²) in [5.74, 6) is 2.34. The number of rotatable bonds is 7. The Labute approximate surface area is 111 Å². The van der Waals surface area contributed by atoms with E-state index in [4.69, 9.17) is 5.73 Å². The average Bonchev–Trinajstić information content (AvgIpc) is 2.33. The second kappa shape index (κ2) is 7.31. The van der Waals surface area contributed by atoms with E-state index in [1.807, 2.05) is 6.92 Å². The van der Waals surface area contributed by atoms with E-state index >= 15 is 0 Å². The standard InChI is InChI=1S/C14H26N4/c1-5-8-18(9-6-7-15)13-10-12(4)16-14(17-13)11(2)3/h10-11H,5-9,15H2,1-4H3. The molecular formula is C14H26N4. The summed E-state index contributed by atoms with van der Waals surface area (Å²) >= 11 is 0. The first-order chi connectivity index (χ1) is 8.58. The average molecular weight is 250 g/mol. The minimum atomic E-state index is 0.363. The molecule has 0 amide bonds. The minimum Gasteiger partial charge on any atom is -0.356 e. The van der Waals surface area contributed by atoms with Gasteiger partial charge in [0.25, 0.3) is 0 Å². The molecule has 0 saturated carbocycles. The Balaban J connectivity index is 2.95. The van der Waals surface area contributed by atoms with Crippen LogP contribution in [-0.4, -0.2) is 29.6 Å². The molecule has 0 aliphatic rings. The molecule has 0 bridgehead atoms. The Morgan fingerprint density at radius 3 is 2.56 bits per heavy atom. The van der Waals surface area contributed by atoms with Crippen LogP contribution in [0.4, 0.5) is 5.82 Å². The predicted octanol–water partition coefficient (Wildman–Crippen LogP) is 2.47. The molecule has 0 radical (unpaired) electrons. The molecule has 0 fully saturated rings. The molecule has 0 aliphatic carbocycles. The Morgan fingerprint density at radius 1 is 1.28 bits per heavy atom. The molecular weight excluding hydrogens is 224 g/mol. The van der Waals surface area contributed by atoms with Gasteiger partial charge in [-0.15, -0.1) is 0 Å². The van der Waals surface area contributed by atoms with Crippen LogP contribution < -0.4 is 10.6 Å². The van der Waals surface area contributed by atoms with Gasteiger partial charge < -0.3 is 10.6 Å². The van der Waals surface area contributed by atoms with Crippen LogP contribution in [0.2, 0.25) is 0 Å². The largest absolute Gasteiger partial charge is 0.356 e. The van der Waals surface area contributed by atoms with Crippen LogP contribution in [0.1, 0.15) is 51.0 Å². The highest BCUT2D eigenvalue weighted by Crippen LogP contribution is 2.17. The van der Waals surface area contributed by atoms with Gasteiger partial charge in [-0.05, 0) is 26.3 Å². The normalized spacial score (nSPS) is 11.0. The van der Waals surface area contributed by atoms with Crippen molar-refractivity contribution in [3.05, 3.63) is 17.6 Å². The van der Waals surface area contributed by atoms with Gasteiger partial charge in [-0.3, -0.25) is 0 Å². The van der Waals surface area contributed by atoms with Gasteiger partial charge in [-0.1, -0.05) is 20.8 Å². The van der Waals surface area contributed by atoms with Crippen molar-refractivity contribution in [1.29, 1.82) is 0 Å². The zero-order valence-corrected chi connectivity index (χ0v) is 12.1. The molecule has 0 atom stereocenters. The van der Waals surface area contributed by atoms with Crippen LogP contribution in [0, 0.1) is 6.92 Å².